The van der Waals surface area contributed by atoms with Crippen LogP contribution in [-0.4, -0.2) is 23.3 Å². The van der Waals surface area contributed by atoms with Crippen molar-refractivity contribution < 1.29 is 5.21 Å². The average molecular weight is 330 g/mol. The Hall–Kier alpha value is -2.27. The molecule has 100 valence electrons. The van der Waals surface area contributed by atoms with Gasteiger partial charge in [0.05, 0.1) is 12.4 Å². The Labute approximate surface area is 125 Å². The van der Waals surface area contributed by atoms with E-state index in [1.165, 1.54) is 6.21 Å². The van der Waals surface area contributed by atoms with Crippen LogP contribution < -0.4 is 0 Å². The predicted molar refractivity (Wildman–Crippen MR) is 85.0 cm³/mol. The van der Waals surface area contributed by atoms with Gasteiger partial charge in [-0.05, 0) is 17.7 Å². The van der Waals surface area contributed by atoms with Crippen molar-refractivity contribution in [3.63, 3.8) is 0 Å². The molecule has 0 spiro atoms. The lowest BCUT2D eigenvalue weighted by molar-refractivity contribution is 0.322. The third-order valence-electron chi connectivity index (χ3n) is 2.49. The molecule has 1 N–H and O–H groups in total. The van der Waals surface area contributed by atoms with Crippen molar-refractivity contribution in [2.24, 2.45) is 15.4 Å². The second kappa shape index (κ2) is 7.35. The first-order chi connectivity index (χ1) is 9.79. The molecule has 0 amide bonds. The van der Waals surface area contributed by atoms with Crippen molar-refractivity contribution in [3.8, 4) is 0 Å². The third kappa shape index (κ3) is 4.13. The lowest BCUT2D eigenvalue weighted by Gasteiger charge is -1.97. The lowest BCUT2D eigenvalue weighted by atomic mass is 10.1. The van der Waals surface area contributed by atoms with Gasteiger partial charge >= 0.3 is 0 Å². The molecule has 0 unspecified atom stereocenters. The van der Waals surface area contributed by atoms with Crippen LogP contribution in [0.4, 0.5) is 0 Å². The summed E-state index contributed by atoms with van der Waals surface area (Å²) in [4.78, 5) is 0. The summed E-state index contributed by atoms with van der Waals surface area (Å²) in [6.07, 6.45) is 2.90. The van der Waals surface area contributed by atoms with Gasteiger partial charge < -0.3 is 5.21 Å². The van der Waals surface area contributed by atoms with E-state index in [0.717, 1.165) is 15.6 Å². The summed E-state index contributed by atoms with van der Waals surface area (Å²) in [5, 5.41) is 19.8. The number of nitrogens with zero attached hydrogens (tertiary/aromatic N) is 3. The number of hydrogen-bond donors (Lipinski definition) is 1. The van der Waals surface area contributed by atoms with Gasteiger partial charge in [0.25, 0.3) is 0 Å². The highest BCUT2D eigenvalue weighted by molar-refractivity contribution is 9.10. The van der Waals surface area contributed by atoms with Gasteiger partial charge in [0, 0.05) is 10.0 Å². The zero-order chi connectivity index (χ0) is 14.2. The Bertz CT molecular complexity index is 634. The van der Waals surface area contributed by atoms with E-state index in [1.807, 2.05) is 54.6 Å². The van der Waals surface area contributed by atoms with Gasteiger partial charge in [-0.15, -0.1) is 5.10 Å². The van der Waals surface area contributed by atoms with Crippen LogP contribution in [0.1, 0.15) is 11.1 Å². The molecule has 0 aromatic heterocycles. The van der Waals surface area contributed by atoms with Crippen molar-refractivity contribution in [1.82, 2.24) is 0 Å². The minimum absolute atomic E-state index is 0.487. The van der Waals surface area contributed by atoms with E-state index in [2.05, 4.69) is 31.3 Å². The van der Waals surface area contributed by atoms with Crippen molar-refractivity contribution in [1.29, 1.82) is 0 Å². The smallest absolute Gasteiger partial charge is 0.114 e. The van der Waals surface area contributed by atoms with E-state index in [9.17, 15) is 0 Å². The molecule has 2 rings (SSSR count). The maximum atomic E-state index is 8.68. The highest BCUT2D eigenvalue weighted by Gasteiger charge is 1.99. The normalized spacial score (nSPS) is 12.3. The second-order valence-electron chi connectivity index (χ2n) is 3.89. The summed E-state index contributed by atoms with van der Waals surface area (Å²) >= 11 is 3.37. The molecule has 5 heteroatoms. The van der Waals surface area contributed by atoms with Crippen LogP contribution in [0.5, 0.6) is 0 Å². The zero-order valence-corrected chi connectivity index (χ0v) is 12.1. The largest absolute Gasteiger partial charge is 0.411 e. The maximum Gasteiger partial charge on any atom is 0.114 e. The quantitative estimate of drug-likeness (QED) is 0.518. The van der Waals surface area contributed by atoms with E-state index in [0.29, 0.717) is 5.71 Å². The molecule has 0 aliphatic rings. The number of oxime groups is 1. The Morgan fingerprint density at radius 3 is 2.35 bits per heavy atom. The monoisotopic (exact) mass is 329 g/mol. The van der Waals surface area contributed by atoms with Gasteiger partial charge in [-0.3, -0.25) is 0 Å². The molecule has 0 aliphatic heterocycles. The molecular weight excluding hydrogens is 318 g/mol. The van der Waals surface area contributed by atoms with Gasteiger partial charge in [0.15, 0.2) is 0 Å². The molecule has 0 atom stereocenters. The number of benzene rings is 2. The van der Waals surface area contributed by atoms with Crippen molar-refractivity contribution in [3.05, 3.63) is 70.2 Å². The maximum absolute atomic E-state index is 8.68. The van der Waals surface area contributed by atoms with Gasteiger partial charge in [-0.1, -0.05) is 63.6 Å². The fraction of sp³-hybridized carbons (Fsp3) is 0. The van der Waals surface area contributed by atoms with Crippen LogP contribution in [0.15, 0.2) is 74.4 Å². The van der Waals surface area contributed by atoms with Gasteiger partial charge in [-0.25, -0.2) is 0 Å². The van der Waals surface area contributed by atoms with E-state index < -0.39 is 0 Å². The van der Waals surface area contributed by atoms with Crippen molar-refractivity contribution in [2.75, 3.05) is 0 Å². The number of rotatable bonds is 4. The fourth-order valence-electron chi connectivity index (χ4n) is 1.53. The first-order valence-corrected chi connectivity index (χ1v) is 6.68. The van der Waals surface area contributed by atoms with E-state index >= 15 is 0 Å². The Kier molecular flexibility index (Phi) is 5.20. The molecule has 2 aromatic carbocycles. The van der Waals surface area contributed by atoms with E-state index in [4.69, 9.17) is 5.21 Å². The predicted octanol–water partition coefficient (Wildman–Crippen LogP) is 3.73. The lowest BCUT2D eigenvalue weighted by Crippen LogP contribution is -2.01. The topological polar surface area (TPSA) is 57.3 Å². The summed E-state index contributed by atoms with van der Waals surface area (Å²) < 4.78 is 1.01. The Morgan fingerprint density at radius 1 is 1.00 bits per heavy atom. The first-order valence-electron chi connectivity index (χ1n) is 5.89. The standard InChI is InChI=1S/C15H12BrN3O/c16-14-8-6-12(7-9-14)10-17-19-15(11-18-20)13-4-2-1-3-5-13/h1-11,20H/b17-10+,18-11+,19-15+. The molecule has 20 heavy (non-hydrogen) atoms. The molecule has 4 nitrogen and oxygen atoms in total. The van der Waals surface area contributed by atoms with Crippen LogP contribution in [0.25, 0.3) is 0 Å². The summed E-state index contributed by atoms with van der Waals surface area (Å²) in [6, 6.07) is 17.1. The summed E-state index contributed by atoms with van der Waals surface area (Å²) in [6.45, 7) is 0. The SMILES string of the molecule is O/N=C/C(=N\N=C\c1ccc(Br)cc1)c1ccccc1. The Balaban J connectivity index is 2.20. The zero-order valence-electron chi connectivity index (χ0n) is 10.5. The van der Waals surface area contributed by atoms with Gasteiger partial charge in [-0.2, -0.15) is 5.10 Å². The highest BCUT2D eigenvalue weighted by Crippen LogP contribution is 2.09. The van der Waals surface area contributed by atoms with Crippen LogP contribution in [-0.2, 0) is 0 Å². The van der Waals surface area contributed by atoms with Crippen LogP contribution in [0, 0.1) is 0 Å². The fourth-order valence-corrected chi connectivity index (χ4v) is 1.79. The summed E-state index contributed by atoms with van der Waals surface area (Å²) in [5.74, 6) is 0. The third-order valence-corrected chi connectivity index (χ3v) is 3.02. The van der Waals surface area contributed by atoms with Gasteiger partial charge in [0.2, 0.25) is 0 Å². The average Bonchev–Trinajstić information content (AvgIpc) is 2.49. The summed E-state index contributed by atoms with van der Waals surface area (Å²) in [5.41, 5.74) is 2.25. The molecule has 0 fully saturated rings. The van der Waals surface area contributed by atoms with Crippen LogP contribution in [0.2, 0.25) is 0 Å². The minimum atomic E-state index is 0.487. The molecule has 0 saturated carbocycles. The van der Waals surface area contributed by atoms with Crippen LogP contribution in [0.3, 0.4) is 0 Å². The number of halogens is 1. The molecule has 0 aliphatic carbocycles. The highest BCUT2D eigenvalue weighted by atomic mass is 79.9. The van der Waals surface area contributed by atoms with E-state index in [-0.39, 0.29) is 0 Å². The second-order valence-corrected chi connectivity index (χ2v) is 4.81. The van der Waals surface area contributed by atoms with Crippen LogP contribution >= 0.6 is 15.9 Å². The molecule has 0 radical (unpaired) electrons. The molecule has 0 saturated heterocycles. The molecule has 0 heterocycles. The molecule has 0 bridgehead atoms. The van der Waals surface area contributed by atoms with Crippen molar-refractivity contribution >= 4 is 34.1 Å². The minimum Gasteiger partial charge on any atom is -0.411 e. The Morgan fingerprint density at radius 2 is 1.70 bits per heavy atom. The van der Waals surface area contributed by atoms with Gasteiger partial charge in [0.1, 0.15) is 5.71 Å². The first kappa shape index (κ1) is 14.1. The number of hydrogen-bond acceptors (Lipinski definition) is 4. The van der Waals surface area contributed by atoms with Crippen molar-refractivity contribution in [2.45, 2.75) is 0 Å². The molecule has 2 aromatic rings. The van der Waals surface area contributed by atoms with E-state index in [1.54, 1.807) is 6.21 Å². The summed E-state index contributed by atoms with van der Waals surface area (Å²) in [7, 11) is 0. The molecular formula is C15H12BrN3O.